The summed E-state index contributed by atoms with van der Waals surface area (Å²) in [7, 11) is 0. The number of pyridine rings is 1. The lowest BCUT2D eigenvalue weighted by molar-refractivity contribution is 0.108. The normalized spacial score (nSPS) is 20.8. The summed E-state index contributed by atoms with van der Waals surface area (Å²) in [4.78, 5) is 18.8. The van der Waals surface area contributed by atoms with E-state index in [0.29, 0.717) is 24.4 Å². The van der Waals surface area contributed by atoms with Crippen LogP contribution in [0.4, 0.5) is 24.7 Å². The number of fused-ring (bicyclic) bond motifs is 4. The van der Waals surface area contributed by atoms with Crippen molar-refractivity contribution < 1.29 is 22.6 Å². The molecule has 2 aromatic carbocycles. The maximum atomic E-state index is 17.0. The van der Waals surface area contributed by atoms with Crippen LogP contribution in [-0.4, -0.2) is 64.3 Å². The third-order valence-electron chi connectivity index (χ3n) is 10.1. The molecule has 2 N–H and O–H groups in total. The molecular formula is C34H33F3N6O2. The van der Waals surface area contributed by atoms with Crippen LogP contribution in [0.15, 0.2) is 18.2 Å². The third-order valence-corrected chi connectivity index (χ3v) is 10.1. The Bertz CT molecular complexity index is 1900. The maximum Gasteiger partial charge on any atom is 0.319 e. The fourth-order valence-corrected chi connectivity index (χ4v) is 7.95. The first-order chi connectivity index (χ1) is 21.9. The van der Waals surface area contributed by atoms with Crippen molar-refractivity contribution in [1.82, 2.24) is 19.9 Å². The first-order valence-electron chi connectivity index (χ1n) is 15.7. The van der Waals surface area contributed by atoms with Crippen LogP contribution < -0.4 is 20.1 Å². The number of anilines is 2. The van der Waals surface area contributed by atoms with Gasteiger partial charge in [-0.3, -0.25) is 4.90 Å². The van der Waals surface area contributed by atoms with Crippen LogP contribution in [-0.2, 0) is 0 Å². The molecule has 2 aromatic heterocycles. The van der Waals surface area contributed by atoms with Crippen LogP contribution in [0, 0.1) is 29.8 Å². The van der Waals surface area contributed by atoms with Crippen LogP contribution in [0.25, 0.3) is 32.9 Å². The molecule has 4 aliphatic heterocycles. The fraction of sp³-hybridized carbons (Fsp3) is 0.441. The highest BCUT2D eigenvalue weighted by atomic mass is 19.2. The van der Waals surface area contributed by atoms with Gasteiger partial charge in [0.25, 0.3) is 0 Å². The van der Waals surface area contributed by atoms with E-state index in [1.807, 2.05) is 0 Å². The van der Waals surface area contributed by atoms with Gasteiger partial charge in [-0.1, -0.05) is 18.8 Å². The molecule has 6 heterocycles. The molecule has 45 heavy (non-hydrogen) atoms. The van der Waals surface area contributed by atoms with Gasteiger partial charge in [-0.15, -0.1) is 6.42 Å². The molecule has 232 valence electrons. The van der Waals surface area contributed by atoms with Crippen molar-refractivity contribution in [3.05, 3.63) is 41.2 Å². The molecule has 0 aliphatic carbocycles. The Labute approximate surface area is 258 Å². The number of nitrogens with zero attached hydrogens (tertiary/aromatic N) is 5. The lowest BCUT2D eigenvalue weighted by Gasteiger charge is -2.32. The van der Waals surface area contributed by atoms with Gasteiger partial charge in [0.2, 0.25) is 5.88 Å². The Kier molecular flexibility index (Phi) is 6.68. The van der Waals surface area contributed by atoms with E-state index in [1.54, 1.807) is 0 Å². The summed E-state index contributed by atoms with van der Waals surface area (Å²) in [5.41, 5.74) is 5.91. The first-order valence-corrected chi connectivity index (χ1v) is 15.7. The average Bonchev–Trinajstić information content (AvgIpc) is 3.47. The number of benzene rings is 2. The molecule has 4 aromatic rings. The van der Waals surface area contributed by atoms with Gasteiger partial charge < -0.3 is 20.1 Å². The van der Waals surface area contributed by atoms with Gasteiger partial charge in [-0.05, 0) is 75.2 Å². The van der Waals surface area contributed by atoms with Gasteiger partial charge in [-0.25, -0.2) is 18.2 Å². The molecule has 0 spiro atoms. The van der Waals surface area contributed by atoms with E-state index >= 15 is 4.39 Å². The Morgan fingerprint density at radius 3 is 2.60 bits per heavy atom. The Balaban J connectivity index is 1.35. The number of hydrogen-bond acceptors (Lipinski definition) is 8. The van der Waals surface area contributed by atoms with Crippen LogP contribution in [0.2, 0.25) is 0 Å². The molecule has 0 amide bonds. The predicted molar refractivity (Wildman–Crippen MR) is 166 cm³/mol. The van der Waals surface area contributed by atoms with Crippen molar-refractivity contribution in [1.29, 1.82) is 0 Å². The van der Waals surface area contributed by atoms with Crippen molar-refractivity contribution in [3.63, 3.8) is 0 Å². The van der Waals surface area contributed by atoms with Crippen LogP contribution >= 0.6 is 0 Å². The standard InChI is InChI=1S/C34H33F3N6O2/c1-2-22-25-19(15-24(35)27(22)36)14-20(38)16-23(25)29-28(37)30-26-31(43-13-5-3-4-8-21(43)17-44-32(26)39-29)41-33(40-30)45-18-34-9-6-11-42(34)12-7-10-34/h1,14-16,21H,3-13,17-18,38H2/t21-/m0/s1. The quantitative estimate of drug-likeness (QED) is 0.222. The summed E-state index contributed by atoms with van der Waals surface area (Å²) in [6.45, 7) is 3.57. The molecule has 0 radical (unpaired) electrons. The van der Waals surface area contributed by atoms with E-state index in [4.69, 9.17) is 26.6 Å². The molecule has 1 atom stereocenters. The summed E-state index contributed by atoms with van der Waals surface area (Å²) >= 11 is 0. The molecule has 0 saturated carbocycles. The number of nitrogen functional groups attached to an aromatic ring is 1. The topological polar surface area (TPSA) is 89.6 Å². The highest BCUT2D eigenvalue weighted by Gasteiger charge is 2.45. The summed E-state index contributed by atoms with van der Waals surface area (Å²) in [6, 6.07) is 4.03. The molecule has 0 unspecified atom stereocenters. The summed E-state index contributed by atoms with van der Waals surface area (Å²) < 4.78 is 59.1. The molecule has 4 aliphatic rings. The Hall–Kier alpha value is -4.30. The minimum absolute atomic E-state index is 0.0104. The molecule has 0 bridgehead atoms. The van der Waals surface area contributed by atoms with Crippen molar-refractivity contribution in [2.75, 3.05) is 43.5 Å². The lowest BCUT2D eigenvalue weighted by Crippen LogP contribution is -2.43. The second-order valence-electron chi connectivity index (χ2n) is 12.7. The van der Waals surface area contributed by atoms with Crippen molar-refractivity contribution in [2.45, 2.75) is 62.9 Å². The van der Waals surface area contributed by atoms with E-state index in [1.165, 1.54) is 12.1 Å². The molecule has 8 rings (SSSR count). The summed E-state index contributed by atoms with van der Waals surface area (Å²) in [6.07, 6.45) is 13.9. The van der Waals surface area contributed by atoms with Gasteiger partial charge >= 0.3 is 6.01 Å². The third kappa shape index (κ3) is 4.44. The maximum absolute atomic E-state index is 17.0. The number of rotatable bonds is 4. The van der Waals surface area contributed by atoms with Gasteiger partial charge in [0, 0.05) is 23.2 Å². The Morgan fingerprint density at radius 2 is 1.80 bits per heavy atom. The highest BCUT2D eigenvalue weighted by Crippen LogP contribution is 2.44. The zero-order valence-electron chi connectivity index (χ0n) is 24.8. The molecule has 3 saturated heterocycles. The molecule has 3 fully saturated rings. The minimum Gasteiger partial charge on any atom is -0.475 e. The fourth-order valence-electron chi connectivity index (χ4n) is 7.95. The molecule has 11 heteroatoms. The second kappa shape index (κ2) is 10.7. The number of nitrogens with two attached hydrogens (primary N) is 1. The van der Waals surface area contributed by atoms with E-state index in [2.05, 4.69) is 25.7 Å². The summed E-state index contributed by atoms with van der Waals surface area (Å²) in [5, 5.41) is 0.707. The van der Waals surface area contributed by atoms with Gasteiger partial charge in [-0.2, -0.15) is 9.97 Å². The van der Waals surface area contributed by atoms with Crippen molar-refractivity contribution in [2.24, 2.45) is 0 Å². The minimum atomic E-state index is -1.20. The molecular weight excluding hydrogens is 581 g/mol. The Morgan fingerprint density at radius 1 is 0.978 bits per heavy atom. The first kappa shape index (κ1) is 28.2. The predicted octanol–water partition coefficient (Wildman–Crippen LogP) is 5.97. The van der Waals surface area contributed by atoms with Crippen LogP contribution in [0.1, 0.15) is 56.9 Å². The monoisotopic (exact) mass is 614 g/mol. The summed E-state index contributed by atoms with van der Waals surface area (Å²) in [5.74, 6) is -0.164. The van der Waals surface area contributed by atoms with E-state index < -0.39 is 17.5 Å². The number of halogens is 3. The second-order valence-corrected chi connectivity index (χ2v) is 12.7. The van der Waals surface area contributed by atoms with Gasteiger partial charge in [0.05, 0.1) is 17.1 Å². The number of ether oxygens (including phenoxy) is 2. The lowest BCUT2D eigenvalue weighted by atomic mass is 9.95. The van der Waals surface area contributed by atoms with E-state index in [-0.39, 0.29) is 62.3 Å². The van der Waals surface area contributed by atoms with Crippen molar-refractivity contribution >= 4 is 33.2 Å². The van der Waals surface area contributed by atoms with Gasteiger partial charge in [0.15, 0.2) is 17.5 Å². The number of terminal acetylenes is 1. The number of aromatic nitrogens is 3. The molecule has 8 nitrogen and oxygen atoms in total. The average molecular weight is 615 g/mol. The SMILES string of the molecule is C#Cc1c(F)c(F)cc2cc(N)cc(-c3nc4c5c(nc(OCC67CCCN6CCC7)nc5c3F)N3CCCCC[C@H]3CO4)c12. The van der Waals surface area contributed by atoms with E-state index in [0.717, 1.165) is 77.1 Å². The van der Waals surface area contributed by atoms with E-state index in [9.17, 15) is 8.78 Å². The number of hydrogen-bond donors (Lipinski definition) is 1. The smallest absolute Gasteiger partial charge is 0.319 e. The van der Waals surface area contributed by atoms with Crippen molar-refractivity contribution in [3.8, 4) is 35.5 Å². The van der Waals surface area contributed by atoms with Crippen LogP contribution in [0.3, 0.4) is 0 Å². The zero-order chi connectivity index (χ0) is 30.9. The zero-order valence-corrected chi connectivity index (χ0v) is 24.8. The highest BCUT2D eigenvalue weighted by molar-refractivity contribution is 6.05. The van der Waals surface area contributed by atoms with Gasteiger partial charge in [0.1, 0.15) is 35.6 Å². The van der Waals surface area contributed by atoms with Crippen LogP contribution in [0.5, 0.6) is 11.9 Å². The largest absolute Gasteiger partial charge is 0.475 e.